The molecule has 0 saturated carbocycles. The van der Waals surface area contributed by atoms with E-state index in [1.807, 2.05) is 47.0 Å². The molecule has 0 bridgehead atoms. The Morgan fingerprint density at radius 1 is 1.19 bits per heavy atom. The molecule has 1 fully saturated rings. The van der Waals surface area contributed by atoms with Gasteiger partial charge >= 0.3 is 0 Å². The van der Waals surface area contributed by atoms with Gasteiger partial charge in [-0.25, -0.2) is 4.98 Å². The average Bonchev–Trinajstić information content (AvgIpc) is 3.20. The number of hydrogen-bond donors (Lipinski definition) is 0. The highest BCUT2D eigenvalue weighted by atomic mass is 32.2. The zero-order valence-electron chi connectivity index (χ0n) is 14.8. The number of nitrogens with zero attached hydrogens (tertiary/aromatic N) is 2. The molecule has 1 saturated heterocycles. The fourth-order valence-electron chi connectivity index (χ4n) is 3.39. The van der Waals surface area contributed by atoms with Gasteiger partial charge in [0, 0.05) is 12.4 Å². The van der Waals surface area contributed by atoms with E-state index in [2.05, 4.69) is 19.1 Å². The Kier molecular flexibility index (Phi) is 5.09. The second-order valence-corrected chi connectivity index (χ2v) is 7.61. The lowest BCUT2D eigenvalue weighted by molar-refractivity contribution is 0.129. The molecule has 1 aromatic heterocycles. The third kappa shape index (κ3) is 3.41. The quantitative estimate of drug-likeness (QED) is 0.499. The van der Waals surface area contributed by atoms with Gasteiger partial charge in [-0.3, -0.25) is 9.36 Å². The topological polar surface area (TPSA) is 44.1 Å². The summed E-state index contributed by atoms with van der Waals surface area (Å²) in [6.45, 7) is 2.90. The minimum atomic E-state index is -0.0761. The van der Waals surface area contributed by atoms with Crippen LogP contribution in [-0.2, 0) is 4.74 Å². The summed E-state index contributed by atoms with van der Waals surface area (Å²) in [6.07, 6.45) is 2.45. The van der Waals surface area contributed by atoms with Gasteiger partial charge in [0.1, 0.15) is 0 Å². The van der Waals surface area contributed by atoms with Crippen molar-refractivity contribution in [1.29, 1.82) is 0 Å². The normalized spacial score (nSPS) is 18.3. The van der Waals surface area contributed by atoms with Gasteiger partial charge in [0.25, 0.3) is 5.56 Å². The van der Waals surface area contributed by atoms with Crippen molar-refractivity contribution in [3.05, 3.63) is 70.5 Å². The molecule has 134 valence electrons. The molecule has 0 radical (unpaired) electrons. The molecule has 1 aliphatic rings. The fourth-order valence-corrected chi connectivity index (χ4v) is 4.53. The van der Waals surface area contributed by atoms with Crippen LogP contribution in [0.1, 0.15) is 31.4 Å². The van der Waals surface area contributed by atoms with Crippen LogP contribution in [0.5, 0.6) is 0 Å². The van der Waals surface area contributed by atoms with Crippen LogP contribution in [0.25, 0.3) is 10.9 Å². The maximum Gasteiger partial charge on any atom is 0.262 e. The van der Waals surface area contributed by atoms with E-state index in [9.17, 15) is 4.79 Å². The highest BCUT2D eigenvalue weighted by Crippen LogP contribution is 2.27. The second-order valence-electron chi connectivity index (χ2n) is 6.62. The third-order valence-electron chi connectivity index (χ3n) is 4.87. The summed E-state index contributed by atoms with van der Waals surface area (Å²) in [7, 11) is 0. The minimum Gasteiger partial charge on any atom is -0.377 e. The van der Waals surface area contributed by atoms with Crippen LogP contribution < -0.4 is 5.56 Å². The van der Waals surface area contributed by atoms with E-state index in [-0.39, 0.29) is 17.7 Å². The predicted molar refractivity (Wildman–Crippen MR) is 106 cm³/mol. The number of rotatable bonds is 5. The molecule has 2 aromatic carbocycles. The van der Waals surface area contributed by atoms with Crippen molar-refractivity contribution in [3.8, 4) is 0 Å². The van der Waals surface area contributed by atoms with Crippen LogP contribution in [0.4, 0.5) is 0 Å². The van der Waals surface area contributed by atoms with Crippen molar-refractivity contribution in [3.63, 3.8) is 0 Å². The Labute approximate surface area is 157 Å². The van der Waals surface area contributed by atoms with Gasteiger partial charge in [-0.2, -0.15) is 0 Å². The molecule has 0 unspecified atom stereocenters. The van der Waals surface area contributed by atoms with E-state index in [1.54, 1.807) is 11.8 Å². The fraction of sp³-hybridized carbons (Fsp3) is 0.333. The first-order chi connectivity index (χ1) is 12.7. The van der Waals surface area contributed by atoms with Crippen molar-refractivity contribution in [2.45, 2.75) is 37.1 Å². The van der Waals surface area contributed by atoms with Crippen molar-refractivity contribution >= 4 is 22.7 Å². The Morgan fingerprint density at radius 2 is 1.96 bits per heavy atom. The van der Waals surface area contributed by atoms with Crippen LogP contribution in [-0.4, -0.2) is 28.0 Å². The number of aromatic nitrogens is 2. The Hall–Kier alpha value is -2.11. The number of ether oxygens (including phenoxy) is 1. The standard InChI is InChI=1S/C21H22N2O2S/c1-15(16-8-3-2-4-9-16)23-20(24)18-11-5-6-12-19(18)22-21(23)26-14-17-10-7-13-25-17/h2-6,8-9,11-12,15,17H,7,10,13-14H2,1H3/t15-,17-/m0/s1. The molecule has 5 heteroatoms. The van der Waals surface area contributed by atoms with E-state index in [0.29, 0.717) is 5.39 Å². The molecule has 0 spiro atoms. The molecule has 3 aromatic rings. The van der Waals surface area contributed by atoms with Crippen LogP contribution in [0, 0.1) is 0 Å². The first-order valence-electron chi connectivity index (χ1n) is 9.04. The summed E-state index contributed by atoms with van der Waals surface area (Å²) < 4.78 is 7.57. The molecule has 2 heterocycles. The maximum atomic E-state index is 13.2. The zero-order valence-corrected chi connectivity index (χ0v) is 15.6. The summed E-state index contributed by atoms with van der Waals surface area (Å²) in [4.78, 5) is 18.1. The number of fused-ring (bicyclic) bond motifs is 1. The van der Waals surface area contributed by atoms with Crippen molar-refractivity contribution in [2.24, 2.45) is 0 Å². The van der Waals surface area contributed by atoms with E-state index in [0.717, 1.165) is 41.4 Å². The zero-order chi connectivity index (χ0) is 17.9. The number of benzene rings is 2. The lowest BCUT2D eigenvalue weighted by atomic mass is 10.1. The van der Waals surface area contributed by atoms with Gasteiger partial charge in [0.15, 0.2) is 5.16 Å². The lowest BCUT2D eigenvalue weighted by Crippen LogP contribution is -2.27. The molecular formula is C21H22N2O2S. The van der Waals surface area contributed by atoms with Crippen molar-refractivity contribution < 1.29 is 4.74 Å². The van der Waals surface area contributed by atoms with Gasteiger partial charge < -0.3 is 4.74 Å². The number of hydrogen-bond acceptors (Lipinski definition) is 4. The molecule has 4 rings (SSSR count). The second kappa shape index (κ2) is 7.64. The van der Waals surface area contributed by atoms with Gasteiger partial charge in [-0.05, 0) is 37.5 Å². The molecule has 0 N–H and O–H groups in total. The van der Waals surface area contributed by atoms with Crippen LogP contribution in [0.2, 0.25) is 0 Å². The highest BCUT2D eigenvalue weighted by molar-refractivity contribution is 7.99. The molecule has 0 aliphatic carbocycles. The van der Waals surface area contributed by atoms with E-state index < -0.39 is 0 Å². The predicted octanol–water partition coefficient (Wildman–Crippen LogP) is 4.28. The first kappa shape index (κ1) is 17.3. The summed E-state index contributed by atoms with van der Waals surface area (Å²) >= 11 is 1.62. The molecule has 2 atom stereocenters. The molecule has 4 nitrogen and oxygen atoms in total. The third-order valence-corrected chi connectivity index (χ3v) is 5.95. The Balaban J connectivity index is 1.78. The van der Waals surface area contributed by atoms with E-state index in [1.165, 1.54) is 0 Å². The van der Waals surface area contributed by atoms with Crippen molar-refractivity contribution in [1.82, 2.24) is 9.55 Å². The lowest BCUT2D eigenvalue weighted by Gasteiger charge is -2.20. The maximum absolute atomic E-state index is 13.2. The average molecular weight is 366 g/mol. The number of para-hydroxylation sites is 1. The summed E-state index contributed by atoms with van der Waals surface area (Å²) in [6, 6.07) is 17.6. The molecule has 0 amide bonds. The SMILES string of the molecule is C[C@@H](c1ccccc1)n1c(SC[C@@H]2CCCO2)nc2ccccc2c1=O. The summed E-state index contributed by atoms with van der Waals surface area (Å²) in [5, 5.41) is 1.43. The summed E-state index contributed by atoms with van der Waals surface area (Å²) in [5.74, 6) is 0.826. The van der Waals surface area contributed by atoms with Gasteiger partial charge in [-0.1, -0.05) is 54.2 Å². The monoisotopic (exact) mass is 366 g/mol. The van der Waals surface area contributed by atoms with Crippen LogP contribution in [0.3, 0.4) is 0 Å². The highest BCUT2D eigenvalue weighted by Gasteiger charge is 2.21. The Bertz CT molecular complexity index is 949. The van der Waals surface area contributed by atoms with Gasteiger partial charge in [-0.15, -0.1) is 0 Å². The minimum absolute atomic E-state index is 0.0155. The summed E-state index contributed by atoms with van der Waals surface area (Å²) in [5.41, 5.74) is 1.87. The molecule has 26 heavy (non-hydrogen) atoms. The van der Waals surface area contributed by atoms with Gasteiger partial charge in [0.05, 0.1) is 23.0 Å². The van der Waals surface area contributed by atoms with Crippen molar-refractivity contribution in [2.75, 3.05) is 12.4 Å². The van der Waals surface area contributed by atoms with E-state index >= 15 is 0 Å². The molecule has 1 aliphatic heterocycles. The van der Waals surface area contributed by atoms with Crippen LogP contribution in [0.15, 0.2) is 64.5 Å². The molecular weight excluding hydrogens is 344 g/mol. The smallest absolute Gasteiger partial charge is 0.262 e. The van der Waals surface area contributed by atoms with E-state index in [4.69, 9.17) is 9.72 Å². The first-order valence-corrected chi connectivity index (χ1v) is 10.0. The Morgan fingerprint density at radius 3 is 2.73 bits per heavy atom. The largest absolute Gasteiger partial charge is 0.377 e. The van der Waals surface area contributed by atoms with Gasteiger partial charge in [0.2, 0.25) is 0 Å². The number of thioether (sulfide) groups is 1. The van der Waals surface area contributed by atoms with Crippen LogP contribution >= 0.6 is 11.8 Å².